The zero-order valence-corrected chi connectivity index (χ0v) is 15.0. The van der Waals surface area contributed by atoms with Crippen LogP contribution in [0.3, 0.4) is 0 Å². The average Bonchev–Trinajstić information content (AvgIpc) is 3.06. The summed E-state index contributed by atoms with van der Waals surface area (Å²) in [5.74, 6) is 0.327. The molecule has 3 aromatic rings. The fourth-order valence-corrected chi connectivity index (χ4v) is 4.91. The molecule has 1 fully saturated rings. The summed E-state index contributed by atoms with van der Waals surface area (Å²) in [7, 11) is -3.52. The summed E-state index contributed by atoms with van der Waals surface area (Å²) >= 11 is 5.74. The summed E-state index contributed by atoms with van der Waals surface area (Å²) in [6, 6.07) is 6.98. The molecule has 0 radical (unpaired) electrons. The minimum Gasteiger partial charge on any atom is -0.346 e. The van der Waals surface area contributed by atoms with Gasteiger partial charge in [-0.25, -0.2) is 18.4 Å². The molecule has 0 saturated carbocycles. The number of nitrogens with zero attached hydrogens (tertiary/aromatic N) is 3. The molecule has 0 amide bonds. The molecule has 6 nitrogen and oxygen atoms in total. The maximum Gasteiger partial charge on any atom is 0.244 e. The zero-order chi connectivity index (χ0) is 17.4. The van der Waals surface area contributed by atoms with E-state index in [4.69, 9.17) is 11.6 Å². The molecule has 0 bridgehead atoms. The van der Waals surface area contributed by atoms with Crippen LogP contribution in [0.4, 0.5) is 0 Å². The molecule has 4 heterocycles. The van der Waals surface area contributed by atoms with Crippen LogP contribution in [0, 0.1) is 0 Å². The van der Waals surface area contributed by atoms with E-state index in [1.807, 2.05) is 12.3 Å². The van der Waals surface area contributed by atoms with E-state index in [9.17, 15) is 8.42 Å². The normalized spacial score (nSPS) is 17.2. The monoisotopic (exact) mass is 376 g/mol. The van der Waals surface area contributed by atoms with E-state index in [0.29, 0.717) is 19.0 Å². The number of piperidine rings is 1. The number of rotatable bonds is 3. The molecular weight excluding hydrogens is 360 g/mol. The third kappa shape index (κ3) is 3.03. The molecule has 0 aliphatic carbocycles. The lowest BCUT2D eigenvalue weighted by Gasteiger charge is -2.31. The maximum atomic E-state index is 12.7. The van der Waals surface area contributed by atoms with Crippen molar-refractivity contribution in [2.45, 2.75) is 23.7 Å². The van der Waals surface area contributed by atoms with E-state index in [1.54, 1.807) is 6.20 Å². The first kappa shape index (κ1) is 16.5. The number of H-pyrrole nitrogens is 1. The highest BCUT2D eigenvalue weighted by Crippen LogP contribution is 2.34. The average molecular weight is 377 g/mol. The molecule has 0 spiro atoms. The Balaban J connectivity index is 1.52. The van der Waals surface area contributed by atoms with Crippen LogP contribution < -0.4 is 0 Å². The van der Waals surface area contributed by atoms with Crippen molar-refractivity contribution in [3.8, 4) is 0 Å². The summed E-state index contributed by atoms with van der Waals surface area (Å²) < 4.78 is 27.0. The van der Waals surface area contributed by atoms with Gasteiger partial charge in [0.15, 0.2) is 0 Å². The second kappa shape index (κ2) is 6.40. The molecule has 0 aromatic carbocycles. The van der Waals surface area contributed by atoms with E-state index in [2.05, 4.69) is 21.0 Å². The van der Waals surface area contributed by atoms with Gasteiger partial charge in [0.1, 0.15) is 15.7 Å². The fraction of sp³-hybridized carbons (Fsp3) is 0.294. The predicted octanol–water partition coefficient (Wildman–Crippen LogP) is 3.18. The topological polar surface area (TPSA) is 79.0 Å². The van der Waals surface area contributed by atoms with E-state index in [0.717, 1.165) is 23.9 Å². The van der Waals surface area contributed by atoms with Crippen LogP contribution >= 0.6 is 11.6 Å². The molecule has 4 rings (SSSR count). The predicted molar refractivity (Wildman–Crippen MR) is 96.1 cm³/mol. The molecule has 8 heteroatoms. The number of aromatic nitrogens is 3. The van der Waals surface area contributed by atoms with Crippen molar-refractivity contribution in [1.29, 1.82) is 0 Å². The van der Waals surface area contributed by atoms with Gasteiger partial charge < -0.3 is 4.98 Å². The lowest BCUT2D eigenvalue weighted by atomic mass is 9.90. The fourth-order valence-electron chi connectivity index (χ4n) is 3.39. The standard InChI is InChI=1S/C17H17ClN4O2S/c18-16-4-3-13(10-20-16)25(23,24)22-8-5-12(6-9-22)15-11-21-17-14(15)2-1-7-19-17/h1-4,7,10-12H,5-6,8-9H2,(H,19,21). The van der Waals surface area contributed by atoms with E-state index in [-0.39, 0.29) is 10.0 Å². The van der Waals surface area contributed by atoms with Crippen molar-refractivity contribution >= 4 is 32.7 Å². The van der Waals surface area contributed by atoms with Gasteiger partial charge in [0.05, 0.1) is 0 Å². The van der Waals surface area contributed by atoms with Crippen molar-refractivity contribution in [2.75, 3.05) is 13.1 Å². The minimum absolute atomic E-state index is 0.187. The molecule has 1 aliphatic rings. The molecule has 130 valence electrons. The number of hydrogen-bond acceptors (Lipinski definition) is 4. The molecular formula is C17H17ClN4O2S. The van der Waals surface area contributed by atoms with Gasteiger partial charge in [-0.05, 0) is 48.6 Å². The Morgan fingerprint density at radius 1 is 1.16 bits per heavy atom. The third-order valence-corrected chi connectivity index (χ3v) is 6.82. The van der Waals surface area contributed by atoms with Crippen molar-refractivity contribution in [3.05, 3.63) is 53.6 Å². The molecule has 1 aliphatic heterocycles. The van der Waals surface area contributed by atoms with Crippen LogP contribution in [0.25, 0.3) is 11.0 Å². The first-order valence-corrected chi connectivity index (χ1v) is 9.91. The Morgan fingerprint density at radius 3 is 2.68 bits per heavy atom. The first-order chi connectivity index (χ1) is 12.1. The van der Waals surface area contributed by atoms with Crippen LogP contribution in [0.1, 0.15) is 24.3 Å². The summed E-state index contributed by atoms with van der Waals surface area (Å²) in [4.78, 5) is 11.6. The smallest absolute Gasteiger partial charge is 0.244 e. The number of fused-ring (bicyclic) bond motifs is 1. The first-order valence-electron chi connectivity index (χ1n) is 8.09. The number of nitrogens with one attached hydrogen (secondary N) is 1. The number of hydrogen-bond donors (Lipinski definition) is 1. The number of halogens is 1. The number of pyridine rings is 2. The van der Waals surface area contributed by atoms with Gasteiger partial charge in [0.2, 0.25) is 10.0 Å². The lowest BCUT2D eigenvalue weighted by molar-refractivity contribution is 0.320. The minimum atomic E-state index is -3.52. The SMILES string of the molecule is O=S(=O)(c1ccc(Cl)nc1)N1CCC(c2c[nH]c3ncccc23)CC1. The summed E-state index contributed by atoms with van der Waals surface area (Å²) in [6.45, 7) is 0.977. The van der Waals surface area contributed by atoms with Gasteiger partial charge in [0, 0.05) is 37.1 Å². The van der Waals surface area contributed by atoms with Gasteiger partial charge >= 0.3 is 0 Å². The summed E-state index contributed by atoms with van der Waals surface area (Å²) in [6.07, 6.45) is 6.63. The molecule has 1 saturated heterocycles. The summed E-state index contributed by atoms with van der Waals surface area (Å²) in [5, 5.41) is 1.40. The van der Waals surface area contributed by atoms with Crippen molar-refractivity contribution < 1.29 is 8.42 Å². The Bertz CT molecular complexity index is 993. The van der Waals surface area contributed by atoms with Crippen molar-refractivity contribution in [3.63, 3.8) is 0 Å². The highest BCUT2D eigenvalue weighted by atomic mass is 35.5. The quantitative estimate of drug-likeness (QED) is 0.712. The van der Waals surface area contributed by atoms with Gasteiger partial charge in [-0.15, -0.1) is 0 Å². The Labute approximate surface area is 150 Å². The number of aromatic amines is 1. The second-order valence-electron chi connectivity index (χ2n) is 6.14. The van der Waals surface area contributed by atoms with Crippen molar-refractivity contribution in [1.82, 2.24) is 19.3 Å². The molecule has 0 atom stereocenters. The van der Waals surface area contributed by atoms with E-state index in [1.165, 1.54) is 28.2 Å². The molecule has 0 unspecified atom stereocenters. The lowest BCUT2D eigenvalue weighted by Crippen LogP contribution is -2.37. The molecule has 3 aromatic heterocycles. The zero-order valence-electron chi connectivity index (χ0n) is 13.4. The molecule has 25 heavy (non-hydrogen) atoms. The summed E-state index contributed by atoms with van der Waals surface area (Å²) in [5.41, 5.74) is 2.09. The van der Waals surface area contributed by atoms with Gasteiger partial charge in [-0.3, -0.25) is 0 Å². The van der Waals surface area contributed by atoms with Gasteiger partial charge in [-0.1, -0.05) is 11.6 Å². The van der Waals surface area contributed by atoms with Crippen LogP contribution in [0.2, 0.25) is 5.15 Å². The molecule has 1 N–H and O–H groups in total. The van der Waals surface area contributed by atoms with Crippen molar-refractivity contribution in [2.24, 2.45) is 0 Å². The van der Waals surface area contributed by atoms with Crippen LogP contribution in [0.5, 0.6) is 0 Å². The van der Waals surface area contributed by atoms with Crippen LogP contribution in [-0.2, 0) is 10.0 Å². The Kier molecular flexibility index (Phi) is 4.23. The highest BCUT2D eigenvalue weighted by Gasteiger charge is 2.31. The van der Waals surface area contributed by atoms with E-state index < -0.39 is 10.0 Å². The largest absolute Gasteiger partial charge is 0.346 e. The highest BCUT2D eigenvalue weighted by molar-refractivity contribution is 7.89. The third-order valence-electron chi connectivity index (χ3n) is 4.71. The Hall–Kier alpha value is -1.96. The number of sulfonamides is 1. The Morgan fingerprint density at radius 2 is 1.96 bits per heavy atom. The second-order valence-corrected chi connectivity index (χ2v) is 8.46. The van der Waals surface area contributed by atoms with Gasteiger partial charge in [-0.2, -0.15) is 4.31 Å². The van der Waals surface area contributed by atoms with Crippen LogP contribution in [-0.4, -0.2) is 40.8 Å². The van der Waals surface area contributed by atoms with Gasteiger partial charge in [0.25, 0.3) is 0 Å². The van der Waals surface area contributed by atoms with E-state index >= 15 is 0 Å². The van der Waals surface area contributed by atoms with Crippen LogP contribution in [0.15, 0.2) is 47.8 Å². The maximum absolute atomic E-state index is 12.7.